The summed E-state index contributed by atoms with van der Waals surface area (Å²) in [6, 6.07) is 0. The topological polar surface area (TPSA) is 0 Å². The van der Waals surface area contributed by atoms with Gasteiger partial charge in [-0.15, -0.1) is 0 Å². The first-order valence-corrected chi connectivity index (χ1v) is 33.9. The molecular formula is C12H33BiCl2Si3. The van der Waals surface area contributed by atoms with Crippen LogP contribution < -0.4 is 0 Å². The molecule has 0 N–H and O–H groups in total. The van der Waals surface area contributed by atoms with E-state index < -0.39 is 40.6 Å². The van der Waals surface area contributed by atoms with Gasteiger partial charge in [0.2, 0.25) is 0 Å². The first kappa shape index (κ1) is 20.1. The van der Waals surface area contributed by atoms with E-state index in [0.29, 0.717) is 0 Å². The average Bonchev–Trinajstić information content (AvgIpc) is 1.62. The summed E-state index contributed by atoms with van der Waals surface area (Å²) in [5.74, 6) is 0. The van der Waals surface area contributed by atoms with E-state index in [4.69, 9.17) is 17.0 Å². The van der Waals surface area contributed by atoms with Gasteiger partial charge in [-0.1, -0.05) is 0 Å². The Kier molecular flexibility index (Phi) is 6.39. The van der Waals surface area contributed by atoms with Crippen LogP contribution in [0.3, 0.4) is 0 Å². The SMILES string of the molecule is C[Si](C)(C)[CH2][Bi]([Cl])([Cl])([CH2][Si](C)(C)C)[CH2][Si](C)(C)C. The summed E-state index contributed by atoms with van der Waals surface area (Å²) in [7, 11) is 11.1. The fourth-order valence-corrected chi connectivity index (χ4v) is 151. The number of hydrogen-bond donors (Lipinski definition) is 0. The molecule has 0 saturated carbocycles. The minimum absolute atomic E-state index is 1.19. The third kappa shape index (κ3) is 9.93. The van der Waals surface area contributed by atoms with E-state index in [9.17, 15) is 0 Å². The third-order valence-corrected chi connectivity index (χ3v) is 83.4. The zero-order chi connectivity index (χ0) is 15.1. The molecule has 18 heavy (non-hydrogen) atoms. The van der Waals surface area contributed by atoms with Crippen molar-refractivity contribution in [3.63, 3.8) is 0 Å². The van der Waals surface area contributed by atoms with Gasteiger partial charge < -0.3 is 0 Å². The molecule has 0 radical (unpaired) electrons. The fourth-order valence-electron chi connectivity index (χ4n) is 3.26. The van der Waals surface area contributed by atoms with Crippen LogP contribution in [0.15, 0.2) is 0 Å². The summed E-state index contributed by atoms with van der Waals surface area (Å²) >= 11 is -3.56. The molecular weight excluding hydrogens is 508 g/mol. The number of hydrogen-bond acceptors (Lipinski definition) is 0. The van der Waals surface area contributed by atoms with Crippen LogP contribution in [0, 0.1) is 0 Å². The molecule has 0 saturated heterocycles. The summed E-state index contributed by atoms with van der Waals surface area (Å²) < 4.78 is 3.70. The van der Waals surface area contributed by atoms with Crippen molar-refractivity contribution >= 4 is 57.6 Å². The van der Waals surface area contributed by atoms with Crippen molar-refractivity contribution in [3.05, 3.63) is 0 Å². The average molecular weight is 542 g/mol. The molecule has 0 rings (SSSR count). The second-order valence-corrected chi connectivity index (χ2v) is 65.3. The summed E-state index contributed by atoms with van der Waals surface area (Å²) in [5.41, 5.74) is 0. The molecule has 0 aliphatic heterocycles. The summed E-state index contributed by atoms with van der Waals surface area (Å²) in [6.07, 6.45) is 0. The van der Waals surface area contributed by atoms with Gasteiger partial charge in [-0.2, -0.15) is 0 Å². The molecule has 0 aromatic rings. The van der Waals surface area contributed by atoms with E-state index in [1.807, 2.05) is 0 Å². The molecule has 0 aromatic carbocycles. The van der Waals surface area contributed by atoms with E-state index in [2.05, 4.69) is 58.9 Å². The van der Waals surface area contributed by atoms with Crippen molar-refractivity contribution < 1.29 is 0 Å². The van der Waals surface area contributed by atoms with E-state index in [1.165, 1.54) is 11.3 Å². The van der Waals surface area contributed by atoms with Crippen LogP contribution in [0.1, 0.15) is 0 Å². The monoisotopic (exact) mass is 540 g/mol. The number of halogens is 2. The summed E-state index contributed by atoms with van der Waals surface area (Å²) in [4.78, 5) is 0. The van der Waals surface area contributed by atoms with Gasteiger partial charge in [0.15, 0.2) is 0 Å². The molecule has 112 valence electrons. The summed E-state index contributed by atoms with van der Waals surface area (Å²) in [6.45, 7) is 21.9. The molecule has 0 aromatic heterocycles. The fraction of sp³-hybridized carbons (Fsp3) is 1.00. The number of rotatable bonds is 6. The predicted octanol–water partition coefficient (Wildman–Crippen LogP) is 6.49. The molecule has 0 bridgehead atoms. The Morgan fingerprint density at radius 1 is 0.556 bits per heavy atom. The second-order valence-electron chi connectivity index (χ2n) is 9.61. The van der Waals surface area contributed by atoms with Gasteiger partial charge in [-0.25, -0.2) is 0 Å². The van der Waals surface area contributed by atoms with Crippen molar-refractivity contribution in [1.29, 1.82) is 0 Å². The molecule has 0 spiro atoms. The van der Waals surface area contributed by atoms with Crippen LogP contribution in [-0.2, 0) is 0 Å². The first-order chi connectivity index (χ1) is 7.40. The Morgan fingerprint density at radius 3 is 0.833 bits per heavy atom. The standard InChI is InChI=1S/3C4H11Si.Bi.2ClH/c3*1-5(2,3)4;;;/h3*1H2,2-4H3;;2*1H/q;;;+2;;/p-2. The molecule has 6 heteroatoms. The molecule has 0 aliphatic rings. The maximum absolute atomic E-state index is 7.33. The second kappa shape index (κ2) is 5.72. The van der Waals surface area contributed by atoms with Crippen LogP contribution in [0.25, 0.3) is 0 Å². The quantitative estimate of drug-likeness (QED) is 0.337. The van der Waals surface area contributed by atoms with Gasteiger partial charge in [-0.05, 0) is 0 Å². The van der Waals surface area contributed by atoms with E-state index in [1.54, 1.807) is 0 Å². The van der Waals surface area contributed by atoms with Gasteiger partial charge in [0, 0.05) is 0 Å². The molecule has 0 nitrogen and oxygen atoms in total. The molecule has 0 aliphatic carbocycles. The van der Waals surface area contributed by atoms with Crippen molar-refractivity contribution in [2.24, 2.45) is 0 Å². The van der Waals surface area contributed by atoms with Gasteiger partial charge >= 0.3 is 128 Å². The zero-order valence-electron chi connectivity index (χ0n) is 13.8. The van der Waals surface area contributed by atoms with E-state index in [0.717, 1.165) is 0 Å². The molecule has 0 fully saturated rings. The third-order valence-electron chi connectivity index (χ3n) is 2.45. The Labute approximate surface area is 126 Å². The van der Waals surface area contributed by atoms with Crippen molar-refractivity contribution in [3.8, 4) is 0 Å². The van der Waals surface area contributed by atoms with Gasteiger partial charge in [0.25, 0.3) is 0 Å². The van der Waals surface area contributed by atoms with Crippen LogP contribution in [0.5, 0.6) is 0 Å². The Hall–Kier alpha value is 2.11. The first-order valence-electron chi connectivity index (χ1n) is 6.85. The Bertz CT molecular complexity index is 250. The molecule has 0 atom stereocenters. The van der Waals surface area contributed by atoms with Gasteiger partial charge in [0.1, 0.15) is 0 Å². The van der Waals surface area contributed by atoms with Crippen molar-refractivity contribution in [2.75, 3.05) is 0 Å². The normalized spacial score (nSPS) is 17.4. The zero-order valence-corrected chi connectivity index (χ0v) is 21.8. The molecule has 0 heterocycles. The van der Waals surface area contributed by atoms with Gasteiger partial charge in [-0.3, -0.25) is 0 Å². The van der Waals surface area contributed by atoms with Crippen LogP contribution in [0.4, 0.5) is 0 Å². The van der Waals surface area contributed by atoms with E-state index >= 15 is 0 Å². The molecule has 0 unspecified atom stereocenters. The van der Waals surface area contributed by atoms with E-state index in [-0.39, 0.29) is 0 Å². The van der Waals surface area contributed by atoms with Crippen molar-refractivity contribution in [2.45, 2.75) is 70.2 Å². The minimum atomic E-state index is -3.56. The van der Waals surface area contributed by atoms with Crippen LogP contribution >= 0.6 is 17.0 Å². The Balaban J connectivity index is 5.38. The predicted molar refractivity (Wildman–Crippen MR) is 102 cm³/mol. The Morgan fingerprint density at radius 2 is 0.722 bits per heavy atom. The van der Waals surface area contributed by atoms with Crippen LogP contribution in [-0.4, -0.2) is 40.6 Å². The summed E-state index contributed by atoms with van der Waals surface area (Å²) in [5, 5.41) is 0. The maximum atomic E-state index is 7.33. The van der Waals surface area contributed by atoms with Crippen molar-refractivity contribution in [1.82, 2.24) is 0 Å². The van der Waals surface area contributed by atoms with Gasteiger partial charge in [0.05, 0.1) is 0 Å². The molecule has 0 amide bonds. The van der Waals surface area contributed by atoms with Crippen LogP contribution in [0.2, 0.25) is 70.2 Å².